The van der Waals surface area contributed by atoms with E-state index in [1.807, 2.05) is 0 Å². The van der Waals surface area contributed by atoms with Crippen molar-refractivity contribution in [2.24, 2.45) is 5.92 Å². The molecule has 1 amide bonds. The maximum Gasteiger partial charge on any atom is 0.250 e. The Hall–Kier alpha value is -0.610. The molecule has 2 aliphatic rings. The van der Waals surface area contributed by atoms with Gasteiger partial charge >= 0.3 is 0 Å². The molecule has 1 atom stereocenters. The second kappa shape index (κ2) is 7.10. The Bertz CT molecular complexity index is 263. The summed E-state index contributed by atoms with van der Waals surface area (Å²) in [6, 6.07) is 0. The topological polar surface area (TPSA) is 41.6 Å². The smallest absolute Gasteiger partial charge is 0.250 e. The number of hydrogen-bond acceptors (Lipinski definition) is 3. The maximum absolute atomic E-state index is 11.6. The first-order valence-corrected chi connectivity index (χ1v) is 7.35. The van der Waals surface area contributed by atoms with Crippen molar-refractivity contribution in [1.29, 1.82) is 0 Å². The number of amides is 1. The number of rotatable bonds is 3. The number of morpholine rings is 1. The molecule has 0 aromatic carbocycles. The molecule has 1 N–H and O–H groups in total. The molecule has 4 heteroatoms. The van der Waals surface area contributed by atoms with Gasteiger partial charge in [-0.1, -0.05) is 25.7 Å². The highest BCUT2D eigenvalue weighted by Gasteiger charge is 2.27. The molecule has 2 rings (SSSR count). The first kappa shape index (κ1) is 13.8. The summed E-state index contributed by atoms with van der Waals surface area (Å²) in [4.78, 5) is 14.0. The van der Waals surface area contributed by atoms with Gasteiger partial charge in [0.15, 0.2) is 0 Å². The van der Waals surface area contributed by atoms with E-state index in [2.05, 4.69) is 10.2 Å². The second-order valence-corrected chi connectivity index (χ2v) is 5.59. The second-order valence-electron chi connectivity index (χ2n) is 5.59. The predicted octanol–water partition coefficient (Wildman–Crippen LogP) is 1.40. The molecule has 0 radical (unpaired) electrons. The predicted molar refractivity (Wildman–Crippen MR) is 71.4 cm³/mol. The molecule has 1 aliphatic carbocycles. The molecule has 1 saturated carbocycles. The van der Waals surface area contributed by atoms with Crippen LogP contribution in [0.25, 0.3) is 0 Å². The molecule has 1 unspecified atom stereocenters. The van der Waals surface area contributed by atoms with Crippen LogP contribution in [-0.2, 0) is 9.53 Å². The fourth-order valence-corrected chi connectivity index (χ4v) is 3.10. The van der Waals surface area contributed by atoms with Gasteiger partial charge in [-0.15, -0.1) is 0 Å². The number of nitrogens with zero attached hydrogens (tertiary/aromatic N) is 1. The molecular formula is C14H26N2O2. The monoisotopic (exact) mass is 254 g/mol. The summed E-state index contributed by atoms with van der Waals surface area (Å²) in [6.07, 6.45) is 8.03. The van der Waals surface area contributed by atoms with Crippen LogP contribution in [0.4, 0.5) is 0 Å². The lowest BCUT2D eigenvalue weighted by atomic mass is 9.99. The Kier molecular flexibility index (Phi) is 5.45. The largest absolute Gasteiger partial charge is 0.366 e. The van der Waals surface area contributed by atoms with E-state index in [0.717, 1.165) is 25.6 Å². The van der Waals surface area contributed by atoms with E-state index in [0.29, 0.717) is 6.61 Å². The maximum atomic E-state index is 11.6. The average molecular weight is 254 g/mol. The van der Waals surface area contributed by atoms with Crippen LogP contribution in [0.2, 0.25) is 0 Å². The molecule has 2 fully saturated rings. The highest BCUT2D eigenvalue weighted by Crippen LogP contribution is 2.24. The van der Waals surface area contributed by atoms with Crippen molar-refractivity contribution in [1.82, 2.24) is 10.2 Å². The lowest BCUT2D eigenvalue weighted by Gasteiger charge is -2.34. The minimum absolute atomic E-state index is 0.0144. The van der Waals surface area contributed by atoms with Crippen molar-refractivity contribution in [3.63, 3.8) is 0 Å². The summed E-state index contributed by atoms with van der Waals surface area (Å²) in [5, 5.41) is 2.68. The first-order chi connectivity index (χ1) is 8.79. The van der Waals surface area contributed by atoms with Gasteiger partial charge in [-0.25, -0.2) is 0 Å². The summed E-state index contributed by atoms with van der Waals surface area (Å²) >= 11 is 0. The molecule has 0 aromatic rings. The summed E-state index contributed by atoms with van der Waals surface area (Å²) in [5.74, 6) is 0.844. The fraction of sp³-hybridized carbons (Fsp3) is 0.929. The number of hydrogen-bond donors (Lipinski definition) is 1. The molecule has 18 heavy (non-hydrogen) atoms. The standard InChI is InChI=1S/C14H26N2O2/c1-15-14(17)13-11-16(8-9-18-13)10-12-6-4-2-3-5-7-12/h12-13H,2-11H2,1H3,(H,15,17). The molecule has 1 saturated heterocycles. The van der Waals surface area contributed by atoms with Crippen molar-refractivity contribution in [3.8, 4) is 0 Å². The highest BCUT2D eigenvalue weighted by atomic mass is 16.5. The number of likely N-dealkylation sites (N-methyl/N-ethyl adjacent to an activating group) is 1. The zero-order chi connectivity index (χ0) is 12.8. The Morgan fingerprint density at radius 2 is 2.00 bits per heavy atom. The van der Waals surface area contributed by atoms with E-state index in [4.69, 9.17) is 4.74 Å². The van der Waals surface area contributed by atoms with Gasteiger partial charge < -0.3 is 10.1 Å². The SMILES string of the molecule is CNC(=O)C1CN(CC2CCCCCC2)CCO1. The lowest BCUT2D eigenvalue weighted by molar-refractivity contribution is -0.138. The van der Waals surface area contributed by atoms with Crippen molar-refractivity contribution >= 4 is 5.91 Å². The minimum Gasteiger partial charge on any atom is -0.366 e. The van der Waals surface area contributed by atoms with Crippen LogP contribution < -0.4 is 5.32 Å². The third kappa shape index (κ3) is 3.95. The summed E-state index contributed by atoms with van der Waals surface area (Å²) in [5.41, 5.74) is 0. The molecule has 0 spiro atoms. The van der Waals surface area contributed by atoms with Crippen molar-refractivity contribution in [3.05, 3.63) is 0 Å². The van der Waals surface area contributed by atoms with Crippen LogP contribution in [0, 0.1) is 5.92 Å². The summed E-state index contributed by atoms with van der Waals surface area (Å²) in [7, 11) is 1.68. The van der Waals surface area contributed by atoms with E-state index in [1.54, 1.807) is 7.05 Å². The molecule has 104 valence electrons. The van der Waals surface area contributed by atoms with Crippen LogP contribution in [0.3, 0.4) is 0 Å². The van der Waals surface area contributed by atoms with Crippen LogP contribution in [-0.4, -0.2) is 50.2 Å². The number of ether oxygens (including phenoxy) is 1. The van der Waals surface area contributed by atoms with E-state index in [9.17, 15) is 4.79 Å². The number of carbonyl (C=O) groups excluding carboxylic acids is 1. The Morgan fingerprint density at radius 1 is 1.28 bits per heavy atom. The van der Waals surface area contributed by atoms with Gasteiger partial charge in [0.25, 0.3) is 0 Å². The summed E-state index contributed by atoms with van der Waals surface area (Å²) < 4.78 is 5.52. The Morgan fingerprint density at radius 3 is 2.67 bits per heavy atom. The molecular weight excluding hydrogens is 228 g/mol. The van der Waals surface area contributed by atoms with E-state index < -0.39 is 0 Å². The van der Waals surface area contributed by atoms with Gasteiger partial charge in [-0.2, -0.15) is 0 Å². The van der Waals surface area contributed by atoms with Crippen LogP contribution in [0.5, 0.6) is 0 Å². The van der Waals surface area contributed by atoms with Crippen LogP contribution in [0.15, 0.2) is 0 Å². The van der Waals surface area contributed by atoms with E-state index in [-0.39, 0.29) is 12.0 Å². The summed E-state index contributed by atoms with van der Waals surface area (Å²) in [6.45, 7) is 3.57. The average Bonchev–Trinajstić information content (AvgIpc) is 2.67. The van der Waals surface area contributed by atoms with Gasteiger partial charge in [0.2, 0.25) is 5.91 Å². The zero-order valence-corrected chi connectivity index (χ0v) is 11.5. The first-order valence-electron chi connectivity index (χ1n) is 7.35. The van der Waals surface area contributed by atoms with Crippen molar-refractivity contribution in [2.75, 3.05) is 33.3 Å². The Labute approximate surface area is 110 Å². The molecule has 4 nitrogen and oxygen atoms in total. The van der Waals surface area contributed by atoms with E-state index in [1.165, 1.54) is 38.5 Å². The molecule has 0 aromatic heterocycles. The van der Waals surface area contributed by atoms with Crippen LogP contribution in [0.1, 0.15) is 38.5 Å². The molecule has 0 bridgehead atoms. The number of nitrogens with one attached hydrogen (secondary N) is 1. The highest BCUT2D eigenvalue weighted by molar-refractivity contribution is 5.80. The van der Waals surface area contributed by atoms with Crippen molar-refractivity contribution in [2.45, 2.75) is 44.6 Å². The Balaban J connectivity index is 1.79. The fourth-order valence-electron chi connectivity index (χ4n) is 3.10. The normalized spacial score (nSPS) is 27.7. The minimum atomic E-state index is -0.269. The third-order valence-corrected chi connectivity index (χ3v) is 4.18. The van der Waals surface area contributed by atoms with Gasteiger partial charge in [0, 0.05) is 26.7 Å². The van der Waals surface area contributed by atoms with Gasteiger partial charge in [0.05, 0.1) is 6.61 Å². The molecule has 1 aliphatic heterocycles. The van der Waals surface area contributed by atoms with E-state index >= 15 is 0 Å². The van der Waals surface area contributed by atoms with Gasteiger partial charge in [0.1, 0.15) is 6.10 Å². The zero-order valence-electron chi connectivity index (χ0n) is 11.5. The third-order valence-electron chi connectivity index (χ3n) is 4.18. The van der Waals surface area contributed by atoms with Crippen LogP contribution >= 0.6 is 0 Å². The number of carbonyl (C=O) groups is 1. The van der Waals surface area contributed by atoms with Crippen molar-refractivity contribution < 1.29 is 9.53 Å². The quantitative estimate of drug-likeness (QED) is 0.774. The van der Waals surface area contributed by atoms with Gasteiger partial charge in [-0.3, -0.25) is 9.69 Å². The van der Waals surface area contributed by atoms with Gasteiger partial charge in [-0.05, 0) is 18.8 Å². The molecule has 1 heterocycles. The lowest BCUT2D eigenvalue weighted by Crippen LogP contribution is -2.50.